The highest BCUT2D eigenvalue weighted by Gasteiger charge is 2.18. The zero-order chi connectivity index (χ0) is 20.3. The van der Waals surface area contributed by atoms with Gasteiger partial charge in [0.15, 0.2) is 5.96 Å². The first-order valence-electron chi connectivity index (χ1n) is 10.3. The van der Waals surface area contributed by atoms with Gasteiger partial charge in [-0.05, 0) is 32.0 Å². The molecule has 1 saturated heterocycles. The molecule has 1 aromatic heterocycles. The van der Waals surface area contributed by atoms with Crippen LogP contribution in [0, 0.1) is 5.82 Å². The highest BCUT2D eigenvalue weighted by Crippen LogP contribution is 2.10. The summed E-state index contributed by atoms with van der Waals surface area (Å²) in [5.74, 6) is 1.32. The Kier molecular flexibility index (Phi) is 10.8. The molecule has 0 saturated carbocycles. The van der Waals surface area contributed by atoms with Crippen LogP contribution in [0.3, 0.4) is 0 Å². The molecule has 0 bridgehead atoms. The summed E-state index contributed by atoms with van der Waals surface area (Å²) in [4.78, 5) is 17.8. The summed E-state index contributed by atoms with van der Waals surface area (Å²) in [7, 11) is 0. The van der Waals surface area contributed by atoms with Gasteiger partial charge >= 0.3 is 0 Å². The predicted octanol–water partition coefficient (Wildman–Crippen LogP) is 2.50. The number of nitrogens with zero attached hydrogens (tertiary/aromatic N) is 5. The third-order valence-electron chi connectivity index (χ3n) is 4.86. The van der Waals surface area contributed by atoms with Crippen LogP contribution in [0.2, 0.25) is 0 Å². The second-order valence-corrected chi connectivity index (χ2v) is 6.94. The van der Waals surface area contributed by atoms with Crippen molar-refractivity contribution in [3.63, 3.8) is 0 Å². The van der Waals surface area contributed by atoms with E-state index in [1.807, 2.05) is 19.1 Å². The van der Waals surface area contributed by atoms with E-state index in [2.05, 4.69) is 35.4 Å². The molecule has 0 atom stereocenters. The topological polar surface area (TPSA) is 68.7 Å². The number of benzene rings is 1. The van der Waals surface area contributed by atoms with Crippen molar-refractivity contribution < 1.29 is 4.39 Å². The number of anilines is 1. The number of hydrogen-bond donors (Lipinski definition) is 2. The van der Waals surface area contributed by atoms with E-state index in [0.717, 1.165) is 64.1 Å². The standard InChI is InChI=1S/C21H30FN7.HI/c1-2-23-20(27-17-18-7-3-4-8-19(18)22)24-11-6-12-28-13-15-29(16-14-28)21-25-9-5-10-26-21;/h3-5,7-10H,2,6,11-17H2,1H3,(H2,23,24,27);1H. The normalized spacial score (nSPS) is 14.9. The molecular formula is C21H31FIN7. The van der Waals surface area contributed by atoms with Crippen molar-refractivity contribution in [2.24, 2.45) is 4.99 Å². The van der Waals surface area contributed by atoms with Gasteiger partial charge in [0.25, 0.3) is 0 Å². The van der Waals surface area contributed by atoms with Crippen molar-refractivity contribution >= 4 is 35.9 Å². The van der Waals surface area contributed by atoms with Crippen LogP contribution in [0.25, 0.3) is 0 Å². The van der Waals surface area contributed by atoms with Crippen LogP contribution in [0.5, 0.6) is 0 Å². The van der Waals surface area contributed by atoms with Crippen LogP contribution in [-0.4, -0.2) is 66.6 Å². The summed E-state index contributed by atoms with van der Waals surface area (Å²) in [5, 5.41) is 6.56. The predicted molar refractivity (Wildman–Crippen MR) is 130 cm³/mol. The largest absolute Gasteiger partial charge is 0.357 e. The quantitative estimate of drug-likeness (QED) is 0.238. The first-order chi connectivity index (χ1) is 14.3. The molecule has 2 N–H and O–H groups in total. The fourth-order valence-corrected chi connectivity index (χ4v) is 3.27. The summed E-state index contributed by atoms with van der Waals surface area (Å²) in [5.41, 5.74) is 0.602. The number of aromatic nitrogens is 2. The Bertz CT molecular complexity index is 767. The minimum atomic E-state index is -0.216. The Balaban J connectivity index is 0.00000320. The maximum atomic E-state index is 13.7. The fourth-order valence-electron chi connectivity index (χ4n) is 3.27. The molecule has 30 heavy (non-hydrogen) atoms. The summed E-state index contributed by atoms with van der Waals surface area (Å²) in [6.07, 6.45) is 4.60. The van der Waals surface area contributed by atoms with Crippen LogP contribution in [0.4, 0.5) is 10.3 Å². The van der Waals surface area contributed by atoms with Gasteiger partial charge in [-0.25, -0.2) is 19.4 Å². The van der Waals surface area contributed by atoms with Crippen LogP contribution in [-0.2, 0) is 6.54 Å². The van der Waals surface area contributed by atoms with Crippen LogP contribution in [0.1, 0.15) is 18.9 Å². The van der Waals surface area contributed by atoms with Crippen molar-refractivity contribution in [2.75, 3.05) is 50.7 Å². The fraction of sp³-hybridized carbons (Fsp3) is 0.476. The van der Waals surface area contributed by atoms with Gasteiger partial charge in [-0.1, -0.05) is 18.2 Å². The van der Waals surface area contributed by atoms with Crippen molar-refractivity contribution in [2.45, 2.75) is 19.9 Å². The molecule has 0 aliphatic carbocycles. The maximum Gasteiger partial charge on any atom is 0.225 e. The summed E-state index contributed by atoms with van der Waals surface area (Å²) in [6.45, 7) is 8.90. The minimum Gasteiger partial charge on any atom is -0.357 e. The van der Waals surface area contributed by atoms with Crippen LogP contribution >= 0.6 is 24.0 Å². The Morgan fingerprint density at radius 2 is 1.80 bits per heavy atom. The Labute approximate surface area is 195 Å². The van der Waals surface area contributed by atoms with E-state index in [1.54, 1.807) is 24.5 Å². The maximum absolute atomic E-state index is 13.7. The molecule has 1 aromatic carbocycles. The van der Waals surface area contributed by atoms with Gasteiger partial charge in [0.05, 0.1) is 6.54 Å². The molecular weight excluding hydrogens is 496 g/mol. The first kappa shape index (κ1) is 24.3. The monoisotopic (exact) mass is 527 g/mol. The second kappa shape index (κ2) is 13.3. The number of hydrogen-bond acceptors (Lipinski definition) is 5. The smallest absolute Gasteiger partial charge is 0.225 e. The van der Waals surface area contributed by atoms with Gasteiger partial charge in [0, 0.05) is 57.2 Å². The molecule has 0 amide bonds. The lowest BCUT2D eigenvalue weighted by Crippen LogP contribution is -2.47. The summed E-state index contributed by atoms with van der Waals surface area (Å²) in [6, 6.07) is 8.60. The molecule has 164 valence electrons. The van der Waals surface area contributed by atoms with E-state index in [1.165, 1.54) is 6.07 Å². The molecule has 3 rings (SSSR count). The Hall–Kier alpha value is -2.01. The van der Waals surface area contributed by atoms with Crippen LogP contribution in [0.15, 0.2) is 47.7 Å². The Morgan fingerprint density at radius 1 is 1.07 bits per heavy atom. The lowest BCUT2D eigenvalue weighted by molar-refractivity contribution is 0.254. The molecule has 2 heterocycles. The Morgan fingerprint density at radius 3 is 2.50 bits per heavy atom. The number of rotatable bonds is 8. The molecule has 9 heteroatoms. The average Bonchev–Trinajstić information content (AvgIpc) is 2.77. The van der Waals surface area contributed by atoms with Gasteiger partial charge in [0.2, 0.25) is 5.95 Å². The average molecular weight is 527 g/mol. The van der Waals surface area contributed by atoms with E-state index in [-0.39, 0.29) is 29.8 Å². The van der Waals surface area contributed by atoms with E-state index in [4.69, 9.17) is 0 Å². The number of halogens is 2. The molecule has 1 aliphatic heterocycles. The zero-order valence-corrected chi connectivity index (χ0v) is 19.8. The molecule has 2 aromatic rings. The van der Waals surface area contributed by atoms with Gasteiger partial charge in [-0.15, -0.1) is 24.0 Å². The molecule has 7 nitrogen and oxygen atoms in total. The molecule has 0 spiro atoms. The van der Waals surface area contributed by atoms with E-state index in [9.17, 15) is 4.39 Å². The number of nitrogens with one attached hydrogen (secondary N) is 2. The van der Waals surface area contributed by atoms with Crippen molar-refractivity contribution in [3.8, 4) is 0 Å². The summed E-state index contributed by atoms with van der Waals surface area (Å²) < 4.78 is 13.7. The van der Waals surface area contributed by atoms with Crippen molar-refractivity contribution in [1.29, 1.82) is 0 Å². The van der Waals surface area contributed by atoms with Crippen molar-refractivity contribution in [3.05, 3.63) is 54.1 Å². The number of aliphatic imine (C=N–C) groups is 1. The lowest BCUT2D eigenvalue weighted by Gasteiger charge is -2.34. The number of piperazine rings is 1. The highest BCUT2D eigenvalue weighted by atomic mass is 127. The van der Waals surface area contributed by atoms with Gasteiger partial charge in [0.1, 0.15) is 5.82 Å². The second-order valence-electron chi connectivity index (χ2n) is 6.94. The third kappa shape index (κ3) is 7.67. The van der Waals surface area contributed by atoms with Crippen molar-refractivity contribution in [1.82, 2.24) is 25.5 Å². The minimum absolute atomic E-state index is 0. The highest BCUT2D eigenvalue weighted by molar-refractivity contribution is 14.0. The summed E-state index contributed by atoms with van der Waals surface area (Å²) >= 11 is 0. The SMILES string of the molecule is CCNC(=NCc1ccccc1F)NCCCN1CCN(c2ncccn2)CC1.I. The molecule has 0 unspecified atom stereocenters. The third-order valence-corrected chi connectivity index (χ3v) is 4.86. The van der Waals surface area contributed by atoms with E-state index in [0.29, 0.717) is 12.1 Å². The van der Waals surface area contributed by atoms with E-state index >= 15 is 0 Å². The lowest BCUT2D eigenvalue weighted by atomic mass is 10.2. The van der Waals surface area contributed by atoms with Gasteiger partial charge < -0.3 is 15.5 Å². The first-order valence-corrected chi connectivity index (χ1v) is 10.3. The number of guanidine groups is 1. The van der Waals surface area contributed by atoms with Gasteiger partial charge in [-0.3, -0.25) is 4.90 Å². The molecule has 1 aliphatic rings. The molecule has 0 radical (unpaired) electrons. The molecule has 1 fully saturated rings. The van der Waals surface area contributed by atoms with E-state index < -0.39 is 0 Å². The van der Waals surface area contributed by atoms with Gasteiger partial charge in [-0.2, -0.15) is 0 Å². The van der Waals surface area contributed by atoms with Crippen LogP contribution < -0.4 is 15.5 Å². The zero-order valence-electron chi connectivity index (χ0n) is 17.4.